The molecule has 0 atom stereocenters. The summed E-state index contributed by atoms with van der Waals surface area (Å²) >= 11 is 0. The van der Waals surface area contributed by atoms with Crippen LogP contribution in [0.2, 0.25) is 0 Å². The lowest BCUT2D eigenvalue weighted by molar-refractivity contribution is -0.134. The zero-order valence-electron chi connectivity index (χ0n) is 20.2. The first-order valence-corrected chi connectivity index (χ1v) is 11.7. The quantitative estimate of drug-likeness (QED) is 0.173. The molecule has 2 aromatic heterocycles. The number of furan rings is 1. The van der Waals surface area contributed by atoms with E-state index in [1.165, 1.54) is 13.3 Å². The first kappa shape index (κ1) is 24.7. The van der Waals surface area contributed by atoms with E-state index < -0.39 is 12.1 Å². The minimum absolute atomic E-state index is 0.438. The number of amides is 1. The summed E-state index contributed by atoms with van der Waals surface area (Å²) in [7, 11) is 1.64. The smallest absolute Gasteiger partial charge is 0.414 e. The van der Waals surface area contributed by atoms with Crippen LogP contribution in [-0.2, 0) is 9.53 Å². The molecule has 0 spiro atoms. The van der Waals surface area contributed by atoms with Crippen LogP contribution in [0.1, 0.15) is 26.2 Å². The van der Waals surface area contributed by atoms with Crippen LogP contribution < -0.4 is 15.4 Å². The zero-order chi connectivity index (χ0) is 25.3. The Morgan fingerprint density at radius 3 is 2.39 bits per heavy atom. The van der Waals surface area contributed by atoms with Crippen LogP contribution in [0.25, 0.3) is 33.6 Å². The normalized spacial score (nSPS) is 10.7. The molecule has 0 bridgehead atoms. The van der Waals surface area contributed by atoms with Gasteiger partial charge in [0, 0.05) is 31.1 Å². The fourth-order valence-corrected chi connectivity index (χ4v) is 3.88. The summed E-state index contributed by atoms with van der Waals surface area (Å²) < 4.78 is 16.0. The highest BCUT2D eigenvalue weighted by atomic mass is 16.6. The number of unbranched alkanes of at least 4 members (excludes halogenated alkanes) is 2. The van der Waals surface area contributed by atoms with Crippen molar-refractivity contribution in [2.45, 2.75) is 26.2 Å². The number of aromatic nitrogens is 2. The van der Waals surface area contributed by atoms with Gasteiger partial charge in [0.15, 0.2) is 0 Å². The molecular formula is C27H28N4O5. The summed E-state index contributed by atoms with van der Waals surface area (Å²) in [6, 6.07) is 17.7. The lowest BCUT2D eigenvalue weighted by Crippen LogP contribution is -2.26. The van der Waals surface area contributed by atoms with Gasteiger partial charge >= 0.3 is 12.1 Å². The van der Waals surface area contributed by atoms with Crippen molar-refractivity contribution in [1.29, 1.82) is 0 Å². The van der Waals surface area contributed by atoms with Gasteiger partial charge in [-0.25, -0.2) is 14.8 Å². The van der Waals surface area contributed by atoms with Crippen molar-refractivity contribution in [2.75, 3.05) is 25.5 Å². The second-order valence-corrected chi connectivity index (χ2v) is 8.10. The number of carbonyl (C=O) groups is 2. The van der Waals surface area contributed by atoms with Gasteiger partial charge in [0.05, 0.1) is 12.5 Å². The third kappa shape index (κ3) is 5.99. The van der Waals surface area contributed by atoms with Crippen molar-refractivity contribution in [3.63, 3.8) is 0 Å². The predicted octanol–water partition coefficient (Wildman–Crippen LogP) is 5.42. The topological polar surface area (TPSA) is 116 Å². The Morgan fingerprint density at radius 2 is 1.67 bits per heavy atom. The number of anilines is 1. The van der Waals surface area contributed by atoms with Crippen LogP contribution in [0.15, 0.2) is 65.3 Å². The second-order valence-electron chi connectivity index (χ2n) is 8.10. The van der Waals surface area contributed by atoms with Gasteiger partial charge in [-0.1, -0.05) is 42.5 Å². The molecule has 0 saturated heterocycles. The molecule has 0 unspecified atom stereocenters. The van der Waals surface area contributed by atoms with E-state index >= 15 is 0 Å². The number of nitrogens with zero attached hydrogens (tertiary/aromatic N) is 2. The molecule has 0 fully saturated rings. The maximum atomic E-state index is 11.3. The first-order valence-electron chi connectivity index (χ1n) is 11.7. The predicted molar refractivity (Wildman–Crippen MR) is 137 cm³/mol. The van der Waals surface area contributed by atoms with Crippen molar-refractivity contribution in [1.82, 2.24) is 15.3 Å². The van der Waals surface area contributed by atoms with Crippen molar-refractivity contribution < 1.29 is 23.5 Å². The number of hydrogen-bond donors (Lipinski definition) is 2. The zero-order valence-corrected chi connectivity index (χ0v) is 20.2. The summed E-state index contributed by atoms with van der Waals surface area (Å²) in [4.78, 5) is 31.0. The molecular weight excluding hydrogens is 460 g/mol. The van der Waals surface area contributed by atoms with E-state index in [0.29, 0.717) is 24.6 Å². The van der Waals surface area contributed by atoms with Gasteiger partial charge in [-0.15, -0.1) is 0 Å². The van der Waals surface area contributed by atoms with Crippen LogP contribution in [0.3, 0.4) is 0 Å². The molecule has 0 aliphatic rings. The first-order chi connectivity index (χ1) is 17.6. The minimum atomic E-state index is -0.718. The molecule has 0 aliphatic carbocycles. The molecule has 0 saturated carbocycles. The summed E-state index contributed by atoms with van der Waals surface area (Å²) in [6.45, 7) is 2.31. The number of nitrogens with one attached hydrogen (secondary N) is 2. The SMILES string of the molecule is COc1ccc(-c2c(-c3ccccc3)oc3ncnc(NCCCCCNC(=O)OC(C)=O)c23)cc1. The van der Waals surface area contributed by atoms with Crippen LogP contribution in [-0.4, -0.2) is 42.2 Å². The van der Waals surface area contributed by atoms with Crippen LogP contribution in [0.5, 0.6) is 5.75 Å². The molecule has 4 rings (SSSR count). The third-order valence-electron chi connectivity index (χ3n) is 5.55. The highest BCUT2D eigenvalue weighted by Gasteiger charge is 2.22. The lowest BCUT2D eigenvalue weighted by Gasteiger charge is -2.09. The Hall–Kier alpha value is -4.40. The highest BCUT2D eigenvalue weighted by molar-refractivity contribution is 6.05. The number of alkyl carbamates (subject to hydrolysis) is 1. The Labute approximate surface area is 208 Å². The molecule has 2 N–H and O–H groups in total. The van der Waals surface area contributed by atoms with E-state index in [-0.39, 0.29) is 0 Å². The Morgan fingerprint density at radius 1 is 0.917 bits per heavy atom. The number of carbonyl (C=O) groups excluding carboxylic acids is 2. The van der Waals surface area contributed by atoms with E-state index in [1.807, 2.05) is 54.6 Å². The highest BCUT2D eigenvalue weighted by Crippen LogP contribution is 2.42. The van der Waals surface area contributed by atoms with Crippen LogP contribution >= 0.6 is 0 Å². The Bertz CT molecular complexity index is 1320. The fraction of sp³-hybridized carbons (Fsp3) is 0.259. The van der Waals surface area contributed by atoms with Crippen molar-refractivity contribution in [3.8, 4) is 28.2 Å². The van der Waals surface area contributed by atoms with Crippen molar-refractivity contribution in [2.24, 2.45) is 0 Å². The third-order valence-corrected chi connectivity index (χ3v) is 5.55. The average Bonchev–Trinajstić information content (AvgIpc) is 3.29. The van der Waals surface area contributed by atoms with Gasteiger partial charge in [-0.05, 0) is 37.0 Å². The number of rotatable bonds is 10. The second kappa shape index (κ2) is 11.8. The van der Waals surface area contributed by atoms with Gasteiger partial charge in [0.1, 0.15) is 23.7 Å². The van der Waals surface area contributed by atoms with Crippen molar-refractivity contribution >= 4 is 29.0 Å². The molecule has 2 heterocycles. The Balaban J connectivity index is 1.51. The minimum Gasteiger partial charge on any atom is -0.497 e. The molecule has 4 aromatic rings. The van der Waals surface area contributed by atoms with Gasteiger partial charge in [-0.3, -0.25) is 4.79 Å². The average molecular weight is 489 g/mol. The molecule has 2 aromatic carbocycles. The maximum Gasteiger partial charge on any atom is 0.414 e. The van der Waals surface area contributed by atoms with Crippen LogP contribution in [0.4, 0.5) is 10.6 Å². The number of benzene rings is 2. The molecule has 0 radical (unpaired) electrons. The monoisotopic (exact) mass is 488 g/mol. The number of esters is 1. The van der Waals surface area contributed by atoms with Crippen LogP contribution in [0, 0.1) is 0 Å². The number of fused-ring (bicyclic) bond motifs is 1. The van der Waals surface area contributed by atoms with Gasteiger partial charge in [0.25, 0.3) is 0 Å². The Kier molecular flexibility index (Phi) is 8.12. The van der Waals surface area contributed by atoms with E-state index in [0.717, 1.165) is 52.8 Å². The molecule has 9 nitrogen and oxygen atoms in total. The van der Waals surface area contributed by atoms with E-state index in [9.17, 15) is 9.59 Å². The van der Waals surface area contributed by atoms with Crippen molar-refractivity contribution in [3.05, 3.63) is 60.9 Å². The molecule has 186 valence electrons. The fourth-order valence-electron chi connectivity index (χ4n) is 3.88. The lowest BCUT2D eigenvalue weighted by atomic mass is 9.99. The van der Waals surface area contributed by atoms with Gasteiger partial charge in [0.2, 0.25) is 5.71 Å². The van der Waals surface area contributed by atoms with Gasteiger partial charge in [-0.2, -0.15) is 0 Å². The van der Waals surface area contributed by atoms with E-state index in [1.54, 1.807) is 7.11 Å². The van der Waals surface area contributed by atoms with Gasteiger partial charge < -0.3 is 24.5 Å². The number of methoxy groups -OCH3 is 1. The molecule has 9 heteroatoms. The standard InChI is InChI=1S/C27H28N4O5/c1-18(32)35-27(33)29-16-8-4-7-15-28-25-23-22(19-11-13-21(34-2)14-12-19)24(20-9-5-3-6-10-20)36-26(23)31-17-30-25/h3,5-6,9-14,17H,4,7-8,15-16H2,1-2H3,(H,29,33)(H,28,30,31). The summed E-state index contributed by atoms with van der Waals surface area (Å²) in [5.74, 6) is 1.56. The summed E-state index contributed by atoms with van der Waals surface area (Å²) in [5.41, 5.74) is 3.33. The number of ether oxygens (including phenoxy) is 2. The summed E-state index contributed by atoms with van der Waals surface area (Å²) in [5, 5.41) is 6.79. The number of hydrogen-bond acceptors (Lipinski definition) is 8. The summed E-state index contributed by atoms with van der Waals surface area (Å²) in [6.07, 6.45) is 3.26. The van der Waals surface area contributed by atoms with E-state index in [4.69, 9.17) is 9.15 Å². The molecule has 36 heavy (non-hydrogen) atoms. The molecule has 1 amide bonds. The van der Waals surface area contributed by atoms with E-state index in [2.05, 4.69) is 25.3 Å². The largest absolute Gasteiger partial charge is 0.497 e. The maximum absolute atomic E-state index is 11.3. The molecule has 0 aliphatic heterocycles.